The van der Waals surface area contributed by atoms with Gasteiger partial charge >= 0.3 is 6.03 Å². The van der Waals surface area contributed by atoms with E-state index in [1.54, 1.807) is 42.3 Å². The molecule has 0 aliphatic carbocycles. The molecular formula is C18H24N4OS. The lowest BCUT2D eigenvalue weighted by molar-refractivity contribution is 0.206. The van der Waals surface area contributed by atoms with Crippen LogP contribution in [-0.2, 0) is 13.1 Å². The number of nitrogens with zero attached hydrogens (tertiary/aromatic N) is 3. The summed E-state index contributed by atoms with van der Waals surface area (Å²) in [6.45, 7) is 7.47. The first-order valence-corrected chi connectivity index (χ1v) is 8.67. The summed E-state index contributed by atoms with van der Waals surface area (Å²) in [5, 5.41) is 3.91. The fourth-order valence-corrected chi connectivity index (χ4v) is 3.03. The summed E-state index contributed by atoms with van der Waals surface area (Å²) in [5.74, 6) is 0. The van der Waals surface area contributed by atoms with Crippen LogP contribution in [-0.4, -0.2) is 32.7 Å². The topological polar surface area (TPSA) is 58.1 Å². The Labute approximate surface area is 147 Å². The molecular weight excluding hydrogens is 320 g/mol. The van der Waals surface area contributed by atoms with Gasteiger partial charge in [-0.25, -0.2) is 9.78 Å². The Balaban J connectivity index is 1.88. The second kappa shape index (κ2) is 8.15. The van der Waals surface area contributed by atoms with E-state index in [4.69, 9.17) is 0 Å². The van der Waals surface area contributed by atoms with Crippen LogP contribution >= 0.6 is 11.8 Å². The van der Waals surface area contributed by atoms with Crippen molar-refractivity contribution in [3.63, 3.8) is 0 Å². The Morgan fingerprint density at radius 1 is 1.25 bits per heavy atom. The zero-order chi connectivity index (χ0) is 17.6. The smallest absolute Gasteiger partial charge is 0.317 e. The van der Waals surface area contributed by atoms with Gasteiger partial charge in [-0.3, -0.25) is 4.98 Å². The lowest BCUT2D eigenvalue weighted by Gasteiger charge is -2.19. The lowest BCUT2D eigenvalue weighted by Crippen LogP contribution is -2.36. The van der Waals surface area contributed by atoms with Gasteiger partial charge in [0.1, 0.15) is 0 Å². The third kappa shape index (κ3) is 6.20. The molecule has 0 unspecified atom stereocenters. The zero-order valence-corrected chi connectivity index (χ0v) is 15.4. The molecule has 0 fully saturated rings. The molecule has 2 rings (SSSR count). The lowest BCUT2D eigenvalue weighted by atomic mass is 10.2. The zero-order valence-electron chi connectivity index (χ0n) is 14.6. The first kappa shape index (κ1) is 18.3. The van der Waals surface area contributed by atoms with Crippen molar-refractivity contribution in [2.24, 2.45) is 0 Å². The predicted molar refractivity (Wildman–Crippen MR) is 97.8 cm³/mol. The maximum absolute atomic E-state index is 12.2. The number of amides is 2. The highest BCUT2D eigenvalue weighted by molar-refractivity contribution is 8.00. The monoisotopic (exact) mass is 344 g/mol. The Hall–Kier alpha value is -2.08. The SMILES string of the molecule is CN(Cc1cccnc1)C(=O)NCc1ccnc(SC(C)(C)C)c1. The Morgan fingerprint density at radius 2 is 2.04 bits per heavy atom. The van der Waals surface area contributed by atoms with Gasteiger partial charge in [0.2, 0.25) is 0 Å². The molecule has 0 radical (unpaired) electrons. The van der Waals surface area contributed by atoms with E-state index < -0.39 is 0 Å². The summed E-state index contributed by atoms with van der Waals surface area (Å²) in [4.78, 5) is 22.3. The van der Waals surface area contributed by atoms with Crippen molar-refractivity contribution in [1.82, 2.24) is 20.2 Å². The highest BCUT2D eigenvalue weighted by atomic mass is 32.2. The minimum absolute atomic E-state index is 0.110. The van der Waals surface area contributed by atoms with E-state index in [2.05, 4.69) is 36.1 Å². The van der Waals surface area contributed by atoms with Crippen molar-refractivity contribution < 1.29 is 4.79 Å². The van der Waals surface area contributed by atoms with E-state index in [9.17, 15) is 4.79 Å². The Bertz CT molecular complexity index is 670. The summed E-state index contributed by atoms with van der Waals surface area (Å²) in [6.07, 6.45) is 5.28. The van der Waals surface area contributed by atoms with E-state index in [1.165, 1.54) is 0 Å². The number of aromatic nitrogens is 2. The summed E-state index contributed by atoms with van der Waals surface area (Å²) in [7, 11) is 1.77. The van der Waals surface area contributed by atoms with Crippen molar-refractivity contribution in [1.29, 1.82) is 0 Å². The number of pyridine rings is 2. The average molecular weight is 344 g/mol. The minimum atomic E-state index is -0.110. The van der Waals surface area contributed by atoms with E-state index in [0.717, 1.165) is 16.2 Å². The number of thioether (sulfide) groups is 1. The van der Waals surface area contributed by atoms with Gasteiger partial charge in [-0.2, -0.15) is 0 Å². The molecule has 0 aliphatic heterocycles. The van der Waals surface area contributed by atoms with Crippen LogP contribution in [0.1, 0.15) is 31.9 Å². The van der Waals surface area contributed by atoms with Crippen LogP contribution in [0.2, 0.25) is 0 Å². The first-order chi connectivity index (χ1) is 11.3. The molecule has 24 heavy (non-hydrogen) atoms. The van der Waals surface area contributed by atoms with Crippen molar-refractivity contribution in [2.45, 2.75) is 43.6 Å². The number of carbonyl (C=O) groups is 1. The standard InChI is InChI=1S/C18H24N4OS/c1-18(2,3)24-16-10-14(7-9-20-16)12-21-17(23)22(4)13-15-6-5-8-19-11-15/h5-11H,12-13H2,1-4H3,(H,21,23). The minimum Gasteiger partial charge on any atom is -0.334 e. The highest BCUT2D eigenvalue weighted by Crippen LogP contribution is 2.30. The third-order valence-electron chi connectivity index (χ3n) is 3.14. The largest absolute Gasteiger partial charge is 0.334 e. The van der Waals surface area contributed by atoms with E-state index >= 15 is 0 Å². The van der Waals surface area contributed by atoms with Crippen LogP contribution in [0.4, 0.5) is 4.79 Å². The van der Waals surface area contributed by atoms with Crippen molar-refractivity contribution in [3.05, 3.63) is 54.0 Å². The quantitative estimate of drug-likeness (QED) is 0.840. The fraction of sp³-hybridized carbons (Fsp3) is 0.389. The number of hydrogen-bond donors (Lipinski definition) is 1. The van der Waals surface area contributed by atoms with E-state index in [0.29, 0.717) is 13.1 Å². The van der Waals surface area contributed by atoms with E-state index in [1.807, 2.05) is 24.3 Å². The first-order valence-electron chi connectivity index (χ1n) is 7.85. The molecule has 0 aliphatic rings. The van der Waals surface area contributed by atoms with Gasteiger partial charge in [-0.15, -0.1) is 11.8 Å². The third-order valence-corrected chi connectivity index (χ3v) is 4.19. The van der Waals surface area contributed by atoms with Gasteiger partial charge < -0.3 is 10.2 Å². The van der Waals surface area contributed by atoms with Crippen LogP contribution in [0.15, 0.2) is 47.9 Å². The molecule has 0 atom stereocenters. The molecule has 2 aromatic rings. The molecule has 5 nitrogen and oxygen atoms in total. The van der Waals surface area contributed by atoms with Crippen molar-refractivity contribution in [2.75, 3.05) is 7.05 Å². The molecule has 0 saturated heterocycles. The van der Waals surface area contributed by atoms with Crippen molar-refractivity contribution >= 4 is 17.8 Å². The molecule has 0 aromatic carbocycles. The highest BCUT2D eigenvalue weighted by Gasteiger charge is 2.14. The molecule has 2 amide bonds. The summed E-state index contributed by atoms with van der Waals surface area (Å²) >= 11 is 1.72. The van der Waals surface area contributed by atoms with Crippen LogP contribution in [0, 0.1) is 0 Å². The van der Waals surface area contributed by atoms with E-state index in [-0.39, 0.29) is 10.8 Å². The van der Waals surface area contributed by atoms with Crippen LogP contribution in [0.3, 0.4) is 0 Å². The molecule has 6 heteroatoms. The molecule has 0 saturated carbocycles. The van der Waals surface area contributed by atoms with Gasteiger partial charge in [0.05, 0.1) is 5.03 Å². The normalized spacial score (nSPS) is 11.2. The summed E-state index contributed by atoms with van der Waals surface area (Å²) in [5.41, 5.74) is 2.04. The number of hydrogen-bond acceptors (Lipinski definition) is 4. The fourth-order valence-electron chi connectivity index (χ4n) is 2.08. The second-order valence-electron chi connectivity index (χ2n) is 6.59. The van der Waals surface area contributed by atoms with Gasteiger partial charge in [-0.1, -0.05) is 26.8 Å². The second-order valence-corrected chi connectivity index (χ2v) is 8.44. The van der Waals surface area contributed by atoms with Gasteiger partial charge in [0.15, 0.2) is 0 Å². The van der Waals surface area contributed by atoms with Crippen LogP contribution in [0.25, 0.3) is 0 Å². The van der Waals surface area contributed by atoms with Crippen LogP contribution < -0.4 is 5.32 Å². The molecule has 1 N–H and O–H groups in total. The average Bonchev–Trinajstić information content (AvgIpc) is 2.52. The summed E-state index contributed by atoms with van der Waals surface area (Å²) < 4.78 is 0.110. The maximum Gasteiger partial charge on any atom is 0.317 e. The molecule has 2 aromatic heterocycles. The Morgan fingerprint density at radius 3 is 2.71 bits per heavy atom. The molecule has 0 spiro atoms. The number of rotatable bonds is 5. The number of nitrogens with one attached hydrogen (secondary N) is 1. The molecule has 2 heterocycles. The predicted octanol–water partition coefficient (Wildman–Crippen LogP) is 3.71. The molecule has 128 valence electrons. The van der Waals surface area contributed by atoms with Gasteiger partial charge in [0, 0.05) is 43.5 Å². The number of urea groups is 1. The maximum atomic E-state index is 12.2. The molecule has 0 bridgehead atoms. The Kier molecular flexibility index (Phi) is 6.20. The summed E-state index contributed by atoms with van der Waals surface area (Å²) in [6, 6.07) is 7.66. The van der Waals surface area contributed by atoms with Gasteiger partial charge in [-0.05, 0) is 29.3 Å². The van der Waals surface area contributed by atoms with Crippen LogP contribution in [0.5, 0.6) is 0 Å². The number of carbonyl (C=O) groups excluding carboxylic acids is 1. The van der Waals surface area contributed by atoms with Crippen molar-refractivity contribution in [3.8, 4) is 0 Å². The van der Waals surface area contributed by atoms with Gasteiger partial charge in [0.25, 0.3) is 0 Å².